The molecular formula is C12H14N2O3. The van der Waals surface area contributed by atoms with Crippen LogP contribution in [0.4, 0.5) is 0 Å². The van der Waals surface area contributed by atoms with Crippen LogP contribution in [0, 0.1) is 0 Å². The Hall–Kier alpha value is -2.04. The number of ether oxygens (including phenoxy) is 1. The van der Waals surface area contributed by atoms with Gasteiger partial charge in [-0.15, -0.1) is 0 Å². The van der Waals surface area contributed by atoms with Gasteiger partial charge in [0.05, 0.1) is 18.1 Å². The average Bonchev–Trinajstić information content (AvgIpc) is 2.66. The molecule has 0 atom stereocenters. The zero-order chi connectivity index (χ0) is 12.3. The van der Waals surface area contributed by atoms with Crippen molar-refractivity contribution in [2.24, 2.45) is 0 Å². The Morgan fingerprint density at radius 1 is 1.41 bits per heavy atom. The number of rotatable bonds is 4. The minimum Gasteiger partial charge on any atom is -0.469 e. The molecule has 0 spiro atoms. The van der Waals surface area contributed by atoms with Crippen LogP contribution in [0.1, 0.15) is 12.8 Å². The maximum absolute atomic E-state index is 11.7. The quantitative estimate of drug-likeness (QED) is 0.810. The summed E-state index contributed by atoms with van der Waals surface area (Å²) in [4.78, 5) is 25.4. The Morgan fingerprint density at radius 2 is 2.18 bits per heavy atom. The number of carbonyl (C=O) groups is 1. The van der Waals surface area contributed by atoms with E-state index in [-0.39, 0.29) is 11.7 Å². The van der Waals surface area contributed by atoms with Crippen molar-refractivity contribution in [1.29, 1.82) is 0 Å². The van der Waals surface area contributed by atoms with Crippen LogP contribution in [0.25, 0.3) is 11.0 Å². The van der Waals surface area contributed by atoms with Gasteiger partial charge < -0.3 is 9.72 Å². The highest BCUT2D eigenvalue weighted by Gasteiger charge is 2.06. The number of benzene rings is 1. The van der Waals surface area contributed by atoms with Gasteiger partial charge in [0.15, 0.2) is 0 Å². The molecule has 2 aromatic rings. The van der Waals surface area contributed by atoms with E-state index >= 15 is 0 Å². The second-order valence-corrected chi connectivity index (χ2v) is 3.78. The Balaban J connectivity index is 2.15. The van der Waals surface area contributed by atoms with E-state index in [1.807, 2.05) is 24.3 Å². The minimum atomic E-state index is -0.252. The SMILES string of the molecule is COC(=O)CCCn1c(=O)[nH]c2ccccc21. The van der Waals surface area contributed by atoms with E-state index in [1.165, 1.54) is 7.11 Å². The van der Waals surface area contributed by atoms with Crippen LogP contribution >= 0.6 is 0 Å². The summed E-state index contributed by atoms with van der Waals surface area (Å²) in [6, 6.07) is 7.49. The minimum absolute atomic E-state index is 0.143. The van der Waals surface area contributed by atoms with E-state index < -0.39 is 0 Å². The number of carbonyl (C=O) groups excluding carboxylic acids is 1. The third-order valence-corrected chi connectivity index (χ3v) is 2.67. The van der Waals surface area contributed by atoms with Crippen LogP contribution in [-0.4, -0.2) is 22.6 Å². The van der Waals surface area contributed by atoms with Crippen molar-refractivity contribution >= 4 is 17.0 Å². The Bertz CT molecular complexity index is 583. The molecule has 0 radical (unpaired) electrons. The van der Waals surface area contributed by atoms with Gasteiger partial charge in [-0.1, -0.05) is 12.1 Å². The van der Waals surface area contributed by atoms with Gasteiger partial charge in [0.1, 0.15) is 0 Å². The summed E-state index contributed by atoms with van der Waals surface area (Å²) in [7, 11) is 1.36. The van der Waals surface area contributed by atoms with Crippen molar-refractivity contribution in [3.05, 3.63) is 34.7 Å². The van der Waals surface area contributed by atoms with Gasteiger partial charge in [-0.25, -0.2) is 4.79 Å². The number of para-hydroxylation sites is 2. The van der Waals surface area contributed by atoms with E-state index in [4.69, 9.17) is 0 Å². The third kappa shape index (κ3) is 2.38. The molecule has 0 unspecified atom stereocenters. The number of nitrogens with one attached hydrogen (secondary N) is 1. The molecule has 0 aliphatic carbocycles. The van der Waals surface area contributed by atoms with Crippen LogP contribution in [-0.2, 0) is 16.1 Å². The number of aromatic amines is 1. The number of methoxy groups -OCH3 is 1. The molecule has 0 amide bonds. The van der Waals surface area contributed by atoms with E-state index in [0.717, 1.165) is 11.0 Å². The molecule has 90 valence electrons. The van der Waals surface area contributed by atoms with E-state index in [2.05, 4.69) is 9.72 Å². The molecule has 1 aromatic carbocycles. The summed E-state index contributed by atoms with van der Waals surface area (Å²) < 4.78 is 6.19. The van der Waals surface area contributed by atoms with Gasteiger partial charge >= 0.3 is 11.7 Å². The van der Waals surface area contributed by atoms with Gasteiger partial charge in [0.25, 0.3) is 0 Å². The normalized spacial score (nSPS) is 10.6. The van der Waals surface area contributed by atoms with E-state index in [0.29, 0.717) is 19.4 Å². The van der Waals surface area contributed by atoms with Crippen LogP contribution in [0.5, 0.6) is 0 Å². The van der Waals surface area contributed by atoms with Crippen molar-refractivity contribution in [2.45, 2.75) is 19.4 Å². The van der Waals surface area contributed by atoms with Crippen molar-refractivity contribution in [2.75, 3.05) is 7.11 Å². The van der Waals surface area contributed by atoms with Gasteiger partial charge in [-0.3, -0.25) is 9.36 Å². The molecule has 0 aliphatic heterocycles. The first-order valence-corrected chi connectivity index (χ1v) is 5.46. The van der Waals surface area contributed by atoms with Gasteiger partial charge in [0.2, 0.25) is 0 Å². The molecule has 0 bridgehead atoms. The Morgan fingerprint density at radius 3 is 2.94 bits per heavy atom. The van der Waals surface area contributed by atoms with Crippen LogP contribution in [0.3, 0.4) is 0 Å². The second kappa shape index (κ2) is 4.86. The molecule has 5 nitrogen and oxygen atoms in total. The summed E-state index contributed by atoms with van der Waals surface area (Å²) in [5.41, 5.74) is 1.54. The maximum Gasteiger partial charge on any atom is 0.326 e. The predicted octanol–water partition coefficient (Wildman–Crippen LogP) is 1.28. The van der Waals surface area contributed by atoms with Crippen molar-refractivity contribution in [1.82, 2.24) is 9.55 Å². The monoisotopic (exact) mass is 234 g/mol. The molecule has 1 N–H and O–H groups in total. The van der Waals surface area contributed by atoms with E-state index in [1.54, 1.807) is 4.57 Å². The van der Waals surface area contributed by atoms with Crippen molar-refractivity contribution in [3.63, 3.8) is 0 Å². The zero-order valence-corrected chi connectivity index (χ0v) is 9.60. The van der Waals surface area contributed by atoms with Gasteiger partial charge in [-0.05, 0) is 18.6 Å². The lowest BCUT2D eigenvalue weighted by atomic mass is 10.3. The number of fused-ring (bicyclic) bond motifs is 1. The molecule has 17 heavy (non-hydrogen) atoms. The highest BCUT2D eigenvalue weighted by atomic mass is 16.5. The van der Waals surface area contributed by atoms with Crippen LogP contribution in [0.15, 0.2) is 29.1 Å². The second-order valence-electron chi connectivity index (χ2n) is 3.78. The summed E-state index contributed by atoms with van der Waals surface area (Å²) in [6.07, 6.45) is 0.914. The molecule has 0 aliphatic rings. The molecule has 1 aromatic heterocycles. The van der Waals surface area contributed by atoms with Crippen LogP contribution < -0.4 is 5.69 Å². The highest BCUT2D eigenvalue weighted by molar-refractivity contribution is 5.75. The maximum atomic E-state index is 11.7. The number of aromatic nitrogens is 2. The fourth-order valence-electron chi connectivity index (χ4n) is 1.81. The van der Waals surface area contributed by atoms with Crippen molar-refractivity contribution in [3.8, 4) is 0 Å². The van der Waals surface area contributed by atoms with Crippen molar-refractivity contribution < 1.29 is 9.53 Å². The van der Waals surface area contributed by atoms with Gasteiger partial charge in [0, 0.05) is 13.0 Å². The first kappa shape index (κ1) is 11.4. The lowest BCUT2D eigenvalue weighted by Crippen LogP contribution is -2.17. The fourth-order valence-corrected chi connectivity index (χ4v) is 1.81. The first-order valence-electron chi connectivity index (χ1n) is 5.46. The molecule has 0 saturated heterocycles. The third-order valence-electron chi connectivity index (χ3n) is 2.67. The van der Waals surface area contributed by atoms with Gasteiger partial charge in [-0.2, -0.15) is 0 Å². The lowest BCUT2D eigenvalue weighted by molar-refractivity contribution is -0.140. The number of H-pyrrole nitrogens is 1. The Labute approximate surface area is 98.0 Å². The van der Waals surface area contributed by atoms with E-state index in [9.17, 15) is 9.59 Å². The Kier molecular flexibility index (Phi) is 3.27. The number of aryl methyl sites for hydroxylation is 1. The molecule has 0 saturated carbocycles. The lowest BCUT2D eigenvalue weighted by Gasteiger charge is -2.02. The summed E-state index contributed by atoms with van der Waals surface area (Å²) >= 11 is 0. The topological polar surface area (TPSA) is 64.1 Å². The molecule has 2 rings (SSSR count). The number of hydrogen-bond donors (Lipinski definition) is 1. The van der Waals surface area contributed by atoms with Crippen LogP contribution in [0.2, 0.25) is 0 Å². The average molecular weight is 234 g/mol. The number of esters is 1. The number of hydrogen-bond acceptors (Lipinski definition) is 3. The predicted molar refractivity (Wildman–Crippen MR) is 63.8 cm³/mol. The summed E-state index contributed by atoms with van der Waals surface area (Å²) in [5.74, 6) is -0.252. The smallest absolute Gasteiger partial charge is 0.326 e. The zero-order valence-electron chi connectivity index (χ0n) is 9.60. The fraction of sp³-hybridized carbons (Fsp3) is 0.333. The highest BCUT2D eigenvalue weighted by Crippen LogP contribution is 2.09. The standard InChI is InChI=1S/C12H14N2O3/c1-17-11(15)7-4-8-14-10-6-3-2-5-9(10)13-12(14)16/h2-3,5-6H,4,7-8H2,1H3,(H,13,16). The summed E-state index contributed by atoms with van der Waals surface area (Å²) in [6.45, 7) is 0.512. The largest absolute Gasteiger partial charge is 0.469 e. The number of nitrogens with zero attached hydrogens (tertiary/aromatic N) is 1. The molecular weight excluding hydrogens is 220 g/mol. The first-order chi connectivity index (χ1) is 8.22. The number of imidazole rings is 1. The molecule has 0 fully saturated rings. The molecule has 5 heteroatoms. The molecule has 1 heterocycles. The summed E-state index contributed by atoms with van der Waals surface area (Å²) in [5, 5.41) is 0.